The lowest BCUT2D eigenvalue weighted by molar-refractivity contribution is 0.639. The van der Waals surface area contributed by atoms with Crippen LogP contribution in [0.5, 0.6) is 0 Å². The molecule has 0 saturated heterocycles. The van der Waals surface area contributed by atoms with E-state index >= 15 is 0 Å². The maximum atomic E-state index is 6.13. The summed E-state index contributed by atoms with van der Waals surface area (Å²) in [6, 6.07) is 0.295. The fraction of sp³-hybridized carbons (Fsp3) is 0.867. The second kappa shape index (κ2) is 11.2. The fourth-order valence-corrected chi connectivity index (χ4v) is 1.93. The topological polar surface area (TPSA) is 26.0 Å². The first-order valence-electron chi connectivity index (χ1n) is 7.19. The van der Waals surface area contributed by atoms with Crippen molar-refractivity contribution in [1.82, 2.24) is 0 Å². The Hall–Kier alpha value is -0.300. The molecule has 0 heterocycles. The van der Waals surface area contributed by atoms with Crippen LogP contribution in [0.15, 0.2) is 11.6 Å². The predicted octanol–water partition coefficient (Wildman–Crippen LogP) is 4.81. The Labute approximate surface area is 102 Å². The number of unbranched alkanes of at least 4 members (excludes halogenated alkanes) is 3. The summed E-state index contributed by atoms with van der Waals surface area (Å²) in [6.45, 7) is 6.74. The van der Waals surface area contributed by atoms with Crippen molar-refractivity contribution in [3.8, 4) is 0 Å². The molecule has 0 spiro atoms. The van der Waals surface area contributed by atoms with E-state index in [0.29, 0.717) is 6.04 Å². The standard InChI is InChI=1S/C15H31N/c1-4-7-10-14(11-8-5-2)13-15(16)12-9-6-3/h13,15H,4-12,16H2,1-3H3. The molecule has 0 amide bonds. The number of nitrogens with two attached hydrogens (primary N) is 1. The quantitative estimate of drug-likeness (QED) is 0.530. The summed E-state index contributed by atoms with van der Waals surface area (Å²) in [6.07, 6.45) is 13.7. The van der Waals surface area contributed by atoms with E-state index in [-0.39, 0.29) is 0 Å². The third-order valence-electron chi connectivity index (χ3n) is 3.04. The second-order valence-electron chi connectivity index (χ2n) is 4.84. The van der Waals surface area contributed by atoms with Crippen molar-refractivity contribution < 1.29 is 0 Å². The Morgan fingerprint density at radius 3 is 1.88 bits per heavy atom. The molecule has 96 valence electrons. The normalized spacial score (nSPS) is 12.5. The van der Waals surface area contributed by atoms with E-state index in [4.69, 9.17) is 5.73 Å². The van der Waals surface area contributed by atoms with Crippen molar-refractivity contribution >= 4 is 0 Å². The highest BCUT2D eigenvalue weighted by molar-refractivity contribution is 5.06. The average Bonchev–Trinajstić information content (AvgIpc) is 2.30. The summed E-state index contributed by atoms with van der Waals surface area (Å²) >= 11 is 0. The summed E-state index contributed by atoms with van der Waals surface area (Å²) in [4.78, 5) is 0. The van der Waals surface area contributed by atoms with E-state index in [0.717, 1.165) is 6.42 Å². The van der Waals surface area contributed by atoms with Gasteiger partial charge in [0, 0.05) is 6.04 Å². The third-order valence-corrected chi connectivity index (χ3v) is 3.04. The first kappa shape index (κ1) is 15.7. The molecule has 0 aliphatic rings. The lowest BCUT2D eigenvalue weighted by Gasteiger charge is -2.11. The summed E-state index contributed by atoms with van der Waals surface area (Å²) in [5.74, 6) is 0. The Balaban J connectivity index is 4.06. The van der Waals surface area contributed by atoms with Crippen molar-refractivity contribution in [1.29, 1.82) is 0 Å². The van der Waals surface area contributed by atoms with Gasteiger partial charge in [-0.3, -0.25) is 0 Å². The van der Waals surface area contributed by atoms with Gasteiger partial charge in [0.15, 0.2) is 0 Å². The van der Waals surface area contributed by atoms with Gasteiger partial charge >= 0.3 is 0 Å². The van der Waals surface area contributed by atoms with Gasteiger partial charge in [0.2, 0.25) is 0 Å². The first-order valence-corrected chi connectivity index (χ1v) is 7.19. The molecule has 1 unspecified atom stereocenters. The highest BCUT2D eigenvalue weighted by Crippen LogP contribution is 2.16. The van der Waals surface area contributed by atoms with E-state index in [1.54, 1.807) is 5.57 Å². The minimum absolute atomic E-state index is 0.295. The van der Waals surface area contributed by atoms with Crippen molar-refractivity contribution in [2.45, 2.75) is 84.6 Å². The molecule has 0 fully saturated rings. The number of allylic oxidation sites excluding steroid dienone is 1. The van der Waals surface area contributed by atoms with E-state index in [1.165, 1.54) is 51.4 Å². The molecule has 2 N–H and O–H groups in total. The second-order valence-corrected chi connectivity index (χ2v) is 4.84. The molecular formula is C15H31N. The summed E-state index contributed by atoms with van der Waals surface area (Å²) in [5, 5.41) is 0. The highest BCUT2D eigenvalue weighted by atomic mass is 14.6. The van der Waals surface area contributed by atoms with Crippen LogP contribution in [0.3, 0.4) is 0 Å². The molecule has 1 nitrogen and oxygen atoms in total. The molecule has 16 heavy (non-hydrogen) atoms. The van der Waals surface area contributed by atoms with Crippen LogP contribution >= 0.6 is 0 Å². The van der Waals surface area contributed by atoms with Gasteiger partial charge in [-0.05, 0) is 32.1 Å². The molecule has 0 saturated carbocycles. The predicted molar refractivity (Wildman–Crippen MR) is 74.6 cm³/mol. The van der Waals surface area contributed by atoms with Gasteiger partial charge in [-0.1, -0.05) is 58.1 Å². The Morgan fingerprint density at radius 1 is 0.938 bits per heavy atom. The Kier molecular flexibility index (Phi) is 11.0. The molecule has 0 aliphatic heterocycles. The van der Waals surface area contributed by atoms with Crippen molar-refractivity contribution in [3.63, 3.8) is 0 Å². The van der Waals surface area contributed by atoms with Gasteiger partial charge in [0.05, 0.1) is 0 Å². The molecule has 0 aliphatic carbocycles. The molecule has 0 bridgehead atoms. The van der Waals surface area contributed by atoms with Crippen LogP contribution in [0.25, 0.3) is 0 Å². The number of rotatable bonds is 10. The molecule has 0 aromatic carbocycles. The largest absolute Gasteiger partial charge is 0.324 e. The molecule has 0 rings (SSSR count). The molecule has 0 aromatic heterocycles. The number of hydrogen-bond donors (Lipinski definition) is 1. The van der Waals surface area contributed by atoms with Crippen LogP contribution in [0, 0.1) is 0 Å². The first-order chi connectivity index (χ1) is 7.74. The SMILES string of the molecule is CCCCC(=CC(N)CCCC)CCCC. The van der Waals surface area contributed by atoms with Gasteiger partial charge < -0.3 is 5.73 Å². The molecule has 1 atom stereocenters. The lowest BCUT2D eigenvalue weighted by Crippen LogP contribution is -2.17. The summed E-state index contributed by atoms with van der Waals surface area (Å²) < 4.78 is 0. The number of hydrogen-bond acceptors (Lipinski definition) is 1. The van der Waals surface area contributed by atoms with Gasteiger partial charge in [-0.15, -0.1) is 0 Å². The van der Waals surface area contributed by atoms with E-state index in [2.05, 4.69) is 26.8 Å². The monoisotopic (exact) mass is 225 g/mol. The van der Waals surface area contributed by atoms with Crippen LogP contribution in [0.2, 0.25) is 0 Å². The van der Waals surface area contributed by atoms with Gasteiger partial charge in [-0.25, -0.2) is 0 Å². The van der Waals surface area contributed by atoms with Crippen LogP contribution in [-0.4, -0.2) is 6.04 Å². The molecule has 1 heteroatoms. The molecule has 0 radical (unpaired) electrons. The van der Waals surface area contributed by atoms with Crippen molar-refractivity contribution in [3.05, 3.63) is 11.6 Å². The molecular weight excluding hydrogens is 194 g/mol. The van der Waals surface area contributed by atoms with Crippen LogP contribution in [0.4, 0.5) is 0 Å². The maximum Gasteiger partial charge on any atom is 0.0226 e. The zero-order chi connectivity index (χ0) is 12.2. The molecule has 0 aromatic rings. The average molecular weight is 225 g/mol. The minimum Gasteiger partial charge on any atom is -0.324 e. The van der Waals surface area contributed by atoms with Crippen LogP contribution in [0.1, 0.15) is 78.6 Å². The van der Waals surface area contributed by atoms with E-state index in [1.807, 2.05) is 0 Å². The Morgan fingerprint density at radius 2 is 1.44 bits per heavy atom. The van der Waals surface area contributed by atoms with Crippen molar-refractivity contribution in [2.24, 2.45) is 5.73 Å². The van der Waals surface area contributed by atoms with Crippen LogP contribution < -0.4 is 5.73 Å². The zero-order valence-corrected chi connectivity index (χ0v) is 11.6. The highest BCUT2D eigenvalue weighted by Gasteiger charge is 2.02. The zero-order valence-electron chi connectivity index (χ0n) is 11.6. The van der Waals surface area contributed by atoms with E-state index < -0.39 is 0 Å². The van der Waals surface area contributed by atoms with Crippen molar-refractivity contribution in [2.75, 3.05) is 0 Å². The maximum absolute atomic E-state index is 6.13. The van der Waals surface area contributed by atoms with Gasteiger partial charge in [-0.2, -0.15) is 0 Å². The lowest BCUT2D eigenvalue weighted by atomic mass is 9.99. The fourth-order valence-electron chi connectivity index (χ4n) is 1.93. The summed E-state index contributed by atoms with van der Waals surface area (Å²) in [7, 11) is 0. The van der Waals surface area contributed by atoms with Crippen LogP contribution in [-0.2, 0) is 0 Å². The van der Waals surface area contributed by atoms with Gasteiger partial charge in [0.25, 0.3) is 0 Å². The third kappa shape index (κ3) is 8.96. The smallest absolute Gasteiger partial charge is 0.0226 e. The van der Waals surface area contributed by atoms with Gasteiger partial charge in [0.1, 0.15) is 0 Å². The summed E-state index contributed by atoms with van der Waals surface area (Å²) in [5.41, 5.74) is 7.73. The van der Waals surface area contributed by atoms with E-state index in [9.17, 15) is 0 Å². The minimum atomic E-state index is 0.295. The Bertz CT molecular complexity index is 162.